The molecule has 23 heavy (non-hydrogen) atoms. The lowest BCUT2D eigenvalue weighted by Gasteiger charge is -2.08. The summed E-state index contributed by atoms with van der Waals surface area (Å²) in [6.45, 7) is 0. The van der Waals surface area contributed by atoms with Crippen molar-refractivity contribution in [3.63, 3.8) is 0 Å². The molecule has 0 atom stereocenters. The molecular weight excluding hydrogens is 359 g/mol. The van der Waals surface area contributed by atoms with E-state index in [-0.39, 0.29) is 10.6 Å². The molecule has 1 heterocycles. The Morgan fingerprint density at radius 2 is 1.57 bits per heavy atom. The van der Waals surface area contributed by atoms with E-state index in [4.69, 9.17) is 13.0 Å². The highest BCUT2D eigenvalue weighted by molar-refractivity contribution is 7.96. The molecule has 6 nitrogen and oxygen atoms in total. The van der Waals surface area contributed by atoms with E-state index in [1.54, 1.807) is 12.1 Å². The molecule has 130 valence electrons. The Kier molecular flexibility index (Phi) is 6.84. The van der Waals surface area contributed by atoms with Crippen molar-refractivity contribution in [3.8, 4) is 0 Å². The summed E-state index contributed by atoms with van der Waals surface area (Å²) in [5.41, 5.74) is -4.22. The number of rotatable bonds is 3. The number of hydrogen-bond acceptors (Lipinski definition) is 5. The van der Waals surface area contributed by atoms with E-state index >= 15 is 0 Å². The zero-order valence-electron chi connectivity index (χ0n) is 11.8. The van der Waals surface area contributed by atoms with Gasteiger partial charge in [0.15, 0.2) is 10.1 Å². The molecule has 0 spiro atoms. The van der Waals surface area contributed by atoms with Crippen molar-refractivity contribution in [2.45, 2.75) is 24.1 Å². The summed E-state index contributed by atoms with van der Waals surface area (Å²) in [6.07, 6.45) is 2.71. The Labute approximate surface area is 133 Å². The van der Waals surface area contributed by atoms with Gasteiger partial charge in [0.05, 0.1) is 4.92 Å². The van der Waals surface area contributed by atoms with Crippen molar-refractivity contribution in [1.29, 1.82) is 0 Å². The van der Waals surface area contributed by atoms with Gasteiger partial charge in [-0.15, -0.1) is 0 Å². The van der Waals surface area contributed by atoms with Gasteiger partial charge in [0.1, 0.15) is 17.3 Å². The van der Waals surface area contributed by atoms with Crippen LogP contribution in [0.2, 0.25) is 0 Å². The predicted molar refractivity (Wildman–Crippen MR) is 78.9 cm³/mol. The third-order valence-electron chi connectivity index (χ3n) is 2.92. The average molecular weight is 373 g/mol. The second-order valence-corrected chi connectivity index (χ2v) is 8.40. The molecule has 0 bridgehead atoms. The number of hydrogen-bond donors (Lipinski definition) is 0. The molecule has 1 aliphatic heterocycles. The molecule has 0 amide bonds. The van der Waals surface area contributed by atoms with Gasteiger partial charge in [-0.05, 0) is 35.9 Å². The molecule has 11 heteroatoms. The molecule has 0 aliphatic carbocycles. The zero-order valence-corrected chi connectivity index (χ0v) is 13.4. The Hall–Kier alpha value is -1.33. The van der Waals surface area contributed by atoms with Gasteiger partial charge in [-0.1, -0.05) is 0 Å². The molecule has 0 aromatic heterocycles. The number of nitro groups is 1. The van der Waals surface area contributed by atoms with Crippen LogP contribution >= 0.6 is 0 Å². The first-order chi connectivity index (χ1) is 10.5. The van der Waals surface area contributed by atoms with Crippen LogP contribution in [0.15, 0.2) is 24.3 Å². The summed E-state index contributed by atoms with van der Waals surface area (Å²) >= 11 is 0. The van der Waals surface area contributed by atoms with Crippen molar-refractivity contribution in [1.82, 2.24) is 0 Å². The number of alkyl halides is 3. The standard InChI is InChI=1S/C11H14NO2S.CHF3O3S/c13-12(14)11-5-3-10(4-6-11)9-15-7-1-2-8-15;2-1(3,4)8(5,6)7/h3-6H,1-2,7-9H2;(H,5,6,7)/q+1;/p-1. The van der Waals surface area contributed by atoms with Crippen LogP contribution in [0.1, 0.15) is 18.4 Å². The molecule has 1 fully saturated rings. The minimum atomic E-state index is -6.09. The molecule has 2 rings (SSSR count). The van der Waals surface area contributed by atoms with Crippen molar-refractivity contribution in [2.24, 2.45) is 0 Å². The van der Waals surface area contributed by atoms with Gasteiger partial charge in [0.25, 0.3) is 5.69 Å². The number of halogens is 3. The van der Waals surface area contributed by atoms with E-state index in [0.717, 1.165) is 5.75 Å². The fourth-order valence-corrected chi connectivity index (χ4v) is 4.19. The summed E-state index contributed by atoms with van der Waals surface area (Å²) in [4.78, 5) is 10.1. The molecule has 1 saturated heterocycles. The minimum Gasteiger partial charge on any atom is -0.741 e. The monoisotopic (exact) mass is 373 g/mol. The first-order valence-corrected chi connectivity index (χ1v) is 9.54. The zero-order chi connectivity index (χ0) is 17.7. The molecule has 0 saturated carbocycles. The maximum Gasteiger partial charge on any atom is 0.485 e. The largest absolute Gasteiger partial charge is 0.741 e. The van der Waals surface area contributed by atoms with Gasteiger partial charge in [0, 0.05) is 17.7 Å². The van der Waals surface area contributed by atoms with E-state index in [1.807, 2.05) is 12.1 Å². The lowest BCUT2D eigenvalue weighted by molar-refractivity contribution is -0.384. The van der Waals surface area contributed by atoms with E-state index < -0.39 is 15.6 Å². The molecule has 0 unspecified atom stereocenters. The first-order valence-electron chi connectivity index (χ1n) is 6.40. The van der Waals surface area contributed by atoms with Crippen LogP contribution in [0, 0.1) is 10.1 Å². The van der Waals surface area contributed by atoms with Crippen molar-refractivity contribution in [2.75, 3.05) is 11.5 Å². The Balaban J connectivity index is 0.000000284. The lowest BCUT2D eigenvalue weighted by atomic mass is 10.2. The predicted octanol–water partition coefficient (Wildman–Crippen LogP) is 2.56. The van der Waals surface area contributed by atoms with E-state index in [0.29, 0.717) is 10.9 Å². The van der Waals surface area contributed by atoms with Gasteiger partial charge in [0.2, 0.25) is 0 Å². The van der Waals surface area contributed by atoms with Crippen LogP contribution in [0.3, 0.4) is 0 Å². The fourth-order valence-electron chi connectivity index (χ4n) is 1.81. The highest BCUT2D eigenvalue weighted by Gasteiger charge is 2.36. The van der Waals surface area contributed by atoms with Crippen molar-refractivity contribution in [3.05, 3.63) is 39.9 Å². The van der Waals surface area contributed by atoms with Crippen LogP contribution in [0.25, 0.3) is 0 Å². The van der Waals surface area contributed by atoms with E-state index in [1.165, 1.54) is 29.9 Å². The van der Waals surface area contributed by atoms with Gasteiger partial charge >= 0.3 is 5.51 Å². The molecule has 1 aromatic carbocycles. The summed E-state index contributed by atoms with van der Waals surface area (Å²) < 4.78 is 58.9. The number of non-ortho nitro benzene ring substituents is 1. The summed E-state index contributed by atoms with van der Waals surface area (Å²) in [5, 5.41) is 10.5. The van der Waals surface area contributed by atoms with Crippen molar-refractivity contribution < 1.29 is 31.1 Å². The third kappa shape index (κ3) is 6.75. The second kappa shape index (κ2) is 7.97. The molecule has 0 N–H and O–H groups in total. The smallest absolute Gasteiger partial charge is 0.485 e. The Morgan fingerprint density at radius 3 is 1.91 bits per heavy atom. The van der Waals surface area contributed by atoms with Gasteiger partial charge in [-0.3, -0.25) is 10.1 Å². The summed E-state index contributed by atoms with van der Waals surface area (Å²) in [7, 11) is -5.56. The van der Waals surface area contributed by atoms with Crippen LogP contribution < -0.4 is 0 Å². The first kappa shape index (κ1) is 19.7. The molecule has 0 radical (unpaired) electrons. The Morgan fingerprint density at radius 1 is 1.13 bits per heavy atom. The third-order valence-corrected chi connectivity index (χ3v) is 5.96. The van der Waals surface area contributed by atoms with Crippen LogP contribution in [0.5, 0.6) is 0 Å². The highest BCUT2D eigenvalue weighted by atomic mass is 32.2. The Bertz CT molecular complexity index is 625. The van der Waals surface area contributed by atoms with Crippen LogP contribution in [-0.4, -0.2) is 34.9 Å². The fraction of sp³-hybridized carbons (Fsp3) is 0.500. The van der Waals surface area contributed by atoms with Gasteiger partial charge < -0.3 is 4.55 Å². The van der Waals surface area contributed by atoms with E-state index in [9.17, 15) is 23.3 Å². The minimum absolute atomic E-state index is 0.188. The normalized spacial score (nSPS) is 15.8. The maximum absolute atomic E-state index is 10.7. The maximum atomic E-state index is 10.7. The summed E-state index contributed by atoms with van der Waals surface area (Å²) in [6, 6.07) is 7.00. The number of nitro benzene ring substituents is 1. The van der Waals surface area contributed by atoms with Crippen molar-refractivity contribution >= 4 is 26.7 Å². The lowest BCUT2D eigenvalue weighted by Crippen LogP contribution is -2.21. The summed E-state index contributed by atoms with van der Waals surface area (Å²) in [5.74, 6) is 3.80. The second-order valence-electron chi connectivity index (χ2n) is 4.70. The quantitative estimate of drug-likeness (QED) is 0.266. The van der Waals surface area contributed by atoms with Crippen LogP contribution in [0.4, 0.5) is 18.9 Å². The van der Waals surface area contributed by atoms with E-state index in [2.05, 4.69) is 0 Å². The van der Waals surface area contributed by atoms with Gasteiger partial charge in [-0.2, -0.15) is 13.2 Å². The average Bonchev–Trinajstić information content (AvgIpc) is 2.90. The SMILES string of the molecule is O=S(=O)([O-])C(F)(F)F.O=[N+]([O-])c1ccc(C[S+]2CCCC2)cc1. The highest BCUT2D eigenvalue weighted by Crippen LogP contribution is 2.21. The topological polar surface area (TPSA) is 100 Å². The molecule has 1 aliphatic rings. The number of benzene rings is 1. The van der Waals surface area contributed by atoms with Crippen LogP contribution in [-0.2, 0) is 26.8 Å². The molecular formula is C12H14F3NO5S2. The van der Waals surface area contributed by atoms with Gasteiger partial charge in [-0.25, -0.2) is 8.42 Å². The molecule has 1 aromatic rings. The number of nitrogens with zero attached hydrogens (tertiary/aromatic N) is 1.